The molecule has 1 aromatic carbocycles. The first-order valence-electron chi connectivity index (χ1n) is 5.92. The number of primary amides is 1. The Morgan fingerprint density at radius 3 is 2.71 bits per heavy atom. The monoisotopic (exact) mass is 236 g/mol. The van der Waals surface area contributed by atoms with Crippen molar-refractivity contribution >= 4 is 6.03 Å². The number of hydrogen-bond acceptors (Lipinski definition) is 1. The van der Waals surface area contributed by atoms with Gasteiger partial charge < -0.3 is 5.73 Å². The largest absolute Gasteiger partial charge is 0.351 e. The Bertz CT molecular complexity index is 396. The van der Waals surface area contributed by atoms with Crippen LogP contribution in [-0.2, 0) is 6.42 Å². The number of carbonyl (C=O) groups is 1. The molecule has 1 saturated heterocycles. The number of likely N-dealkylation sites (tertiary alicyclic amines) is 1. The standard InChI is InChI=1S/C13H17FN2O/c14-13(10-11-6-2-1-3-7-11)8-4-5-9-16(13)12(15)17/h1-3,6-7H,4-5,8-10H2,(H2,15,17). The fraction of sp³-hybridized carbons (Fsp3) is 0.462. The van der Waals surface area contributed by atoms with E-state index in [1.54, 1.807) is 0 Å². The van der Waals surface area contributed by atoms with Crippen molar-refractivity contribution in [1.82, 2.24) is 4.90 Å². The number of hydrogen-bond donors (Lipinski definition) is 1. The number of rotatable bonds is 2. The summed E-state index contributed by atoms with van der Waals surface area (Å²) in [6.45, 7) is 0.415. The van der Waals surface area contributed by atoms with Crippen LogP contribution in [0.2, 0.25) is 0 Å². The number of halogens is 1. The van der Waals surface area contributed by atoms with E-state index < -0.39 is 11.8 Å². The van der Waals surface area contributed by atoms with Gasteiger partial charge in [-0.15, -0.1) is 0 Å². The average molecular weight is 236 g/mol. The first-order chi connectivity index (χ1) is 8.12. The van der Waals surface area contributed by atoms with Crippen molar-refractivity contribution in [3.63, 3.8) is 0 Å². The van der Waals surface area contributed by atoms with Crippen LogP contribution in [-0.4, -0.2) is 23.3 Å². The number of benzene rings is 1. The molecule has 0 aliphatic carbocycles. The molecule has 0 bridgehead atoms. The van der Waals surface area contributed by atoms with Gasteiger partial charge >= 0.3 is 6.03 Å². The van der Waals surface area contributed by atoms with Crippen LogP contribution in [0, 0.1) is 0 Å². The van der Waals surface area contributed by atoms with Gasteiger partial charge in [-0.2, -0.15) is 0 Å². The number of urea groups is 1. The van der Waals surface area contributed by atoms with Crippen LogP contribution < -0.4 is 5.73 Å². The Morgan fingerprint density at radius 1 is 1.35 bits per heavy atom. The van der Waals surface area contributed by atoms with Crippen molar-refractivity contribution in [3.05, 3.63) is 35.9 Å². The highest BCUT2D eigenvalue weighted by Crippen LogP contribution is 2.32. The maximum Gasteiger partial charge on any atom is 0.317 e. The molecule has 1 atom stereocenters. The van der Waals surface area contributed by atoms with Crippen LogP contribution in [0.15, 0.2) is 30.3 Å². The van der Waals surface area contributed by atoms with Crippen molar-refractivity contribution < 1.29 is 9.18 Å². The van der Waals surface area contributed by atoms with Crippen molar-refractivity contribution in [2.75, 3.05) is 6.54 Å². The summed E-state index contributed by atoms with van der Waals surface area (Å²) < 4.78 is 14.8. The highest BCUT2D eigenvalue weighted by atomic mass is 19.1. The molecule has 1 aromatic rings. The first-order valence-corrected chi connectivity index (χ1v) is 5.92. The lowest BCUT2D eigenvalue weighted by Gasteiger charge is -2.40. The molecule has 1 aliphatic rings. The predicted octanol–water partition coefficient (Wildman–Crippen LogP) is 2.46. The number of amides is 2. The number of piperidine rings is 1. The molecule has 1 heterocycles. The summed E-state index contributed by atoms with van der Waals surface area (Å²) in [5.74, 6) is -1.62. The van der Waals surface area contributed by atoms with E-state index in [-0.39, 0.29) is 6.42 Å². The Balaban J connectivity index is 2.18. The molecule has 3 nitrogen and oxygen atoms in total. The summed E-state index contributed by atoms with van der Waals surface area (Å²) in [5, 5.41) is 0. The normalized spacial score (nSPS) is 24.6. The molecule has 1 unspecified atom stereocenters. The number of carbonyl (C=O) groups excluding carboxylic acids is 1. The van der Waals surface area contributed by atoms with Gasteiger partial charge in [0.1, 0.15) is 0 Å². The number of alkyl halides is 1. The first kappa shape index (κ1) is 11.9. The maximum absolute atomic E-state index is 14.8. The highest BCUT2D eigenvalue weighted by Gasteiger charge is 2.41. The van der Waals surface area contributed by atoms with Crippen LogP contribution in [0.3, 0.4) is 0 Å². The van der Waals surface area contributed by atoms with Crippen molar-refractivity contribution in [3.8, 4) is 0 Å². The lowest BCUT2D eigenvalue weighted by atomic mass is 9.93. The molecule has 0 saturated carbocycles. The van der Waals surface area contributed by atoms with Crippen LogP contribution in [0.4, 0.5) is 9.18 Å². The van der Waals surface area contributed by atoms with Gasteiger partial charge in [-0.1, -0.05) is 30.3 Å². The van der Waals surface area contributed by atoms with Crippen LogP contribution in [0.5, 0.6) is 0 Å². The fourth-order valence-corrected chi connectivity index (χ4v) is 2.40. The molecule has 0 aromatic heterocycles. The van der Waals surface area contributed by atoms with E-state index >= 15 is 0 Å². The third-order valence-corrected chi connectivity index (χ3v) is 3.26. The van der Waals surface area contributed by atoms with E-state index in [1.807, 2.05) is 30.3 Å². The quantitative estimate of drug-likeness (QED) is 0.788. The summed E-state index contributed by atoms with van der Waals surface area (Å²) >= 11 is 0. The van der Waals surface area contributed by atoms with Crippen LogP contribution in [0.1, 0.15) is 24.8 Å². The lowest BCUT2D eigenvalue weighted by Crippen LogP contribution is -2.54. The molecular formula is C13H17FN2O. The van der Waals surface area contributed by atoms with Gasteiger partial charge in [0.05, 0.1) is 0 Å². The molecule has 92 valence electrons. The van der Waals surface area contributed by atoms with Gasteiger partial charge in [-0.05, 0) is 18.4 Å². The molecule has 1 fully saturated rings. The maximum atomic E-state index is 14.8. The Hall–Kier alpha value is -1.58. The second kappa shape index (κ2) is 4.73. The molecule has 17 heavy (non-hydrogen) atoms. The van der Waals surface area contributed by atoms with E-state index in [1.165, 1.54) is 4.90 Å². The third kappa shape index (κ3) is 2.57. The van der Waals surface area contributed by atoms with E-state index in [0.717, 1.165) is 18.4 Å². The molecule has 2 rings (SSSR count). The molecule has 4 heteroatoms. The Morgan fingerprint density at radius 2 is 2.06 bits per heavy atom. The predicted molar refractivity (Wildman–Crippen MR) is 64.1 cm³/mol. The molecule has 1 aliphatic heterocycles. The van der Waals surface area contributed by atoms with Gasteiger partial charge in [0.15, 0.2) is 5.79 Å². The summed E-state index contributed by atoms with van der Waals surface area (Å²) in [6.07, 6.45) is 2.21. The van der Waals surface area contributed by atoms with Crippen LogP contribution >= 0.6 is 0 Å². The summed E-state index contributed by atoms with van der Waals surface area (Å²) in [7, 11) is 0. The van der Waals surface area contributed by atoms with Crippen molar-refractivity contribution in [2.24, 2.45) is 5.73 Å². The number of nitrogens with zero attached hydrogens (tertiary/aromatic N) is 1. The minimum absolute atomic E-state index is 0.219. The minimum Gasteiger partial charge on any atom is -0.351 e. The van der Waals surface area contributed by atoms with E-state index in [9.17, 15) is 9.18 Å². The van der Waals surface area contributed by atoms with E-state index in [4.69, 9.17) is 5.73 Å². The highest BCUT2D eigenvalue weighted by molar-refractivity contribution is 5.73. The lowest BCUT2D eigenvalue weighted by molar-refractivity contribution is -0.0301. The van der Waals surface area contributed by atoms with Gasteiger partial charge in [-0.3, -0.25) is 4.90 Å². The third-order valence-electron chi connectivity index (χ3n) is 3.26. The topological polar surface area (TPSA) is 46.3 Å². The zero-order chi connectivity index (χ0) is 12.3. The molecule has 2 amide bonds. The van der Waals surface area contributed by atoms with Gasteiger partial charge in [0.2, 0.25) is 0 Å². The van der Waals surface area contributed by atoms with Crippen molar-refractivity contribution in [2.45, 2.75) is 31.5 Å². The summed E-state index contributed by atoms with van der Waals surface area (Å²) in [4.78, 5) is 12.4. The minimum atomic E-state index is -1.62. The molecule has 0 spiro atoms. The van der Waals surface area contributed by atoms with Gasteiger partial charge in [-0.25, -0.2) is 9.18 Å². The average Bonchev–Trinajstić information content (AvgIpc) is 2.30. The summed E-state index contributed by atoms with van der Waals surface area (Å²) in [6, 6.07) is 8.71. The summed E-state index contributed by atoms with van der Waals surface area (Å²) in [5.41, 5.74) is 6.14. The Kier molecular flexibility index (Phi) is 3.31. The van der Waals surface area contributed by atoms with Crippen LogP contribution in [0.25, 0.3) is 0 Å². The second-order valence-corrected chi connectivity index (χ2v) is 4.53. The van der Waals surface area contributed by atoms with E-state index in [0.29, 0.717) is 13.0 Å². The zero-order valence-electron chi connectivity index (χ0n) is 9.73. The molecular weight excluding hydrogens is 219 g/mol. The SMILES string of the molecule is NC(=O)N1CCCCC1(F)Cc1ccccc1. The van der Waals surface area contributed by atoms with Gasteiger partial charge in [0.25, 0.3) is 0 Å². The second-order valence-electron chi connectivity index (χ2n) is 4.53. The van der Waals surface area contributed by atoms with Gasteiger partial charge in [0, 0.05) is 19.4 Å². The Labute approximate surface area is 100 Å². The fourth-order valence-electron chi connectivity index (χ4n) is 2.40. The molecule has 2 N–H and O–H groups in total. The van der Waals surface area contributed by atoms with Crippen molar-refractivity contribution in [1.29, 1.82) is 0 Å². The molecule has 0 radical (unpaired) electrons. The van der Waals surface area contributed by atoms with E-state index in [2.05, 4.69) is 0 Å². The number of nitrogens with two attached hydrogens (primary N) is 1. The zero-order valence-corrected chi connectivity index (χ0v) is 9.73. The smallest absolute Gasteiger partial charge is 0.317 e.